The highest BCUT2D eigenvalue weighted by Crippen LogP contribution is 2.42. The first-order valence-corrected chi connectivity index (χ1v) is 10.4. The summed E-state index contributed by atoms with van der Waals surface area (Å²) < 4.78 is 0. The lowest BCUT2D eigenvalue weighted by Crippen LogP contribution is -2.51. The molecule has 24 heavy (non-hydrogen) atoms. The first-order chi connectivity index (χ1) is 11.6. The molecule has 2 saturated heterocycles. The van der Waals surface area contributed by atoms with Gasteiger partial charge in [0.1, 0.15) is 5.54 Å². The topological polar surface area (TPSA) is 36.4 Å². The zero-order valence-electron chi connectivity index (χ0n) is 15.0. The number of aromatic nitrogens is 1. The van der Waals surface area contributed by atoms with E-state index in [4.69, 9.17) is 4.98 Å². The van der Waals surface area contributed by atoms with E-state index in [0.717, 1.165) is 43.9 Å². The van der Waals surface area contributed by atoms with Gasteiger partial charge in [-0.1, -0.05) is 19.3 Å². The third kappa shape index (κ3) is 2.70. The van der Waals surface area contributed by atoms with Crippen molar-refractivity contribution in [3.63, 3.8) is 0 Å². The second-order valence-corrected chi connectivity index (χ2v) is 9.24. The summed E-state index contributed by atoms with van der Waals surface area (Å²) in [7, 11) is 0. The fourth-order valence-electron chi connectivity index (χ4n) is 5.11. The van der Waals surface area contributed by atoms with Crippen molar-refractivity contribution in [3.8, 4) is 0 Å². The summed E-state index contributed by atoms with van der Waals surface area (Å²) >= 11 is 1.77. The summed E-state index contributed by atoms with van der Waals surface area (Å²) in [5, 5.41) is 1.14. The van der Waals surface area contributed by atoms with E-state index in [1.807, 2.05) is 0 Å². The first-order valence-electron chi connectivity index (χ1n) is 9.59. The molecule has 3 heterocycles. The number of rotatable bonds is 3. The number of thiazole rings is 1. The SMILES string of the molecule is Cc1nc(CN2CCCC23CCN(C2CCCCC2)C3=O)c(C)s1. The minimum Gasteiger partial charge on any atom is -0.338 e. The van der Waals surface area contributed by atoms with Gasteiger partial charge in [0, 0.05) is 24.0 Å². The largest absolute Gasteiger partial charge is 0.338 e. The van der Waals surface area contributed by atoms with E-state index >= 15 is 0 Å². The van der Waals surface area contributed by atoms with Gasteiger partial charge in [-0.15, -0.1) is 11.3 Å². The summed E-state index contributed by atoms with van der Waals surface area (Å²) in [6, 6.07) is 0.510. The fourth-order valence-corrected chi connectivity index (χ4v) is 5.94. The van der Waals surface area contributed by atoms with Gasteiger partial charge in [-0.25, -0.2) is 4.98 Å². The molecule has 4 nitrogen and oxygen atoms in total. The van der Waals surface area contributed by atoms with Gasteiger partial charge in [0.15, 0.2) is 0 Å². The van der Waals surface area contributed by atoms with Crippen LogP contribution in [-0.2, 0) is 11.3 Å². The molecule has 1 aliphatic carbocycles. The molecule has 3 fully saturated rings. The van der Waals surface area contributed by atoms with E-state index < -0.39 is 0 Å². The van der Waals surface area contributed by atoms with Crippen LogP contribution >= 0.6 is 11.3 Å². The quantitative estimate of drug-likeness (QED) is 0.837. The molecule has 0 N–H and O–H groups in total. The van der Waals surface area contributed by atoms with Crippen LogP contribution in [-0.4, -0.2) is 45.4 Å². The number of carbonyl (C=O) groups is 1. The van der Waals surface area contributed by atoms with Crippen molar-refractivity contribution in [2.45, 2.75) is 83.3 Å². The Morgan fingerprint density at radius 1 is 1.12 bits per heavy atom. The smallest absolute Gasteiger partial charge is 0.243 e. The molecule has 1 aromatic rings. The molecule has 0 bridgehead atoms. The number of aryl methyl sites for hydroxylation is 2. The van der Waals surface area contributed by atoms with Crippen LogP contribution in [0.15, 0.2) is 0 Å². The molecule has 0 aromatic carbocycles. The van der Waals surface area contributed by atoms with Crippen molar-refractivity contribution in [2.24, 2.45) is 0 Å². The Kier molecular flexibility index (Phi) is 4.42. The zero-order chi connectivity index (χ0) is 16.7. The Morgan fingerprint density at radius 2 is 1.92 bits per heavy atom. The lowest BCUT2D eigenvalue weighted by molar-refractivity contribution is -0.139. The predicted molar refractivity (Wildman–Crippen MR) is 97.2 cm³/mol. The van der Waals surface area contributed by atoms with Crippen molar-refractivity contribution >= 4 is 17.2 Å². The molecular weight excluding hydrogens is 318 g/mol. The van der Waals surface area contributed by atoms with Gasteiger partial charge >= 0.3 is 0 Å². The van der Waals surface area contributed by atoms with E-state index in [1.165, 1.54) is 42.7 Å². The molecule has 4 rings (SSSR count). The maximum Gasteiger partial charge on any atom is 0.243 e. The van der Waals surface area contributed by atoms with Gasteiger partial charge in [0.2, 0.25) is 5.91 Å². The van der Waals surface area contributed by atoms with Gasteiger partial charge < -0.3 is 4.90 Å². The summed E-state index contributed by atoms with van der Waals surface area (Å²) in [4.78, 5) is 24.1. The molecule has 1 aromatic heterocycles. The van der Waals surface area contributed by atoms with Crippen LogP contribution in [0, 0.1) is 13.8 Å². The van der Waals surface area contributed by atoms with Gasteiger partial charge in [0.05, 0.1) is 10.7 Å². The number of hydrogen-bond acceptors (Lipinski definition) is 4. The lowest BCUT2D eigenvalue weighted by Gasteiger charge is -2.36. The fraction of sp³-hybridized carbons (Fsp3) is 0.789. The Morgan fingerprint density at radius 3 is 2.62 bits per heavy atom. The molecule has 0 radical (unpaired) electrons. The van der Waals surface area contributed by atoms with Crippen molar-refractivity contribution in [1.82, 2.24) is 14.8 Å². The maximum absolute atomic E-state index is 13.4. The van der Waals surface area contributed by atoms with E-state index in [2.05, 4.69) is 23.6 Å². The molecule has 1 unspecified atom stereocenters. The molecule has 5 heteroatoms. The van der Waals surface area contributed by atoms with Crippen molar-refractivity contribution in [2.75, 3.05) is 13.1 Å². The Labute approximate surface area is 149 Å². The van der Waals surface area contributed by atoms with Crippen LogP contribution in [0.5, 0.6) is 0 Å². The number of nitrogens with zero attached hydrogens (tertiary/aromatic N) is 3. The van der Waals surface area contributed by atoms with E-state index in [-0.39, 0.29) is 5.54 Å². The van der Waals surface area contributed by atoms with E-state index in [0.29, 0.717) is 11.9 Å². The molecule has 1 atom stereocenters. The molecule has 2 aliphatic heterocycles. The lowest BCUT2D eigenvalue weighted by atomic mass is 9.92. The highest BCUT2D eigenvalue weighted by atomic mass is 32.1. The summed E-state index contributed by atoms with van der Waals surface area (Å²) in [5.41, 5.74) is 0.962. The molecular formula is C19H29N3OS. The number of carbonyl (C=O) groups excluding carboxylic acids is 1. The molecule has 1 spiro atoms. The Bertz CT molecular complexity index is 622. The Balaban J connectivity index is 1.53. The van der Waals surface area contributed by atoms with E-state index in [1.54, 1.807) is 11.3 Å². The summed E-state index contributed by atoms with van der Waals surface area (Å²) in [6.07, 6.45) is 9.57. The van der Waals surface area contributed by atoms with Gasteiger partial charge in [-0.2, -0.15) is 0 Å². The molecule has 1 saturated carbocycles. The van der Waals surface area contributed by atoms with Crippen LogP contribution in [0.1, 0.15) is 66.9 Å². The van der Waals surface area contributed by atoms with Crippen LogP contribution in [0.25, 0.3) is 0 Å². The predicted octanol–water partition coefficient (Wildman–Crippen LogP) is 3.66. The minimum atomic E-state index is -0.221. The molecule has 3 aliphatic rings. The highest BCUT2D eigenvalue weighted by Gasteiger charge is 2.54. The van der Waals surface area contributed by atoms with Gasteiger partial charge in [0.25, 0.3) is 0 Å². The zero-order valence-corrected chi connectivity index (χ0v) is 15.8. The second kappa shape index (κ2) is 6.41. The minimum absolute atomic E-state index is 0.221. The van der Waals surface area contributed by atoms with E-state index in [9.17, 15) is 4.79 Å². The number of hydrogen-bond donors (Lipinski definition) is 0. The van der Waals surface area contributed by atoms with Crippen molar-refractivity contribution in [3.05, 3.63) is 15.6 Å². The monoisotopic (exact) mass is 347 g/mol. The van der Waals surface area contributed by atoms with Crippen molar-refractivity contribution < 1.29 is 4.79 Å². The molecule has 1 amide bonds. The standard InChI is InChI=1S/C19H29N3OS/c1-14-17(20-15(2)24-14)13-21-11-6-9-19(21)10-12-22(18(19)23)16-7-4-3-5-8-16/h16H,3-13H2,1-2H3. The molecule has 132 valence electrons. The third-order valence-corrected chi connectivity index (χ3v) is 7.33. The number of likely N-dealkylation sites (tertiary alicyclic amines) is 2. The average Bonchev–Trinajstić information content (AvgIpc) is 3.22. The summed E-state index contributed by atoms with van der Waals surface area (Å²) in [5.74, 6) is 0.427. The van der Waals surface area contributed by atoms with Crippen LogP contribution < -0.4 is 0 Å². The first kappa shape index (κ1) is 16.5. The van der Waals surface area contributed by atoms with Gasteiger partial charge in [-0.3, -0.25) is 9.69 Å². The Hall–Kier alpha value is -0.940. The van der Waals surface area contributed by atoms with Crippen LogP contribution in [0.3, 0.4) is 0 Å². The maximum atomic E-state index is 13.4. The van der Waals surface area contributed by atoms with Crippen LogP contribution in [0.2, 0.25) is 0 Å². The third-order valence-electron chi connectivity index (χ3n) is 6.40. The summed E-state index contributed by atoms with van der Waals surface area (Å²) in [6.45, 7) is 7.09. The second-order valence-electron chi connectivity index (χ2n) is 7.83. The normalized spacial score (nSPS) is 29.2. The van der Waals surface area contributed by atoms with Crippen LogP contribution in [0.4, 0.5) is 0 Å². The number of amides is 1. The van der Waals surface area contributed by atoms with Crippen molar-refractivity contribution in [1.29, 1.82) is 0 Å². The highest BCUT2D eigenvalue weighted by molar-refractivity contribution is 7.11. The average molecular weight is 348 g/mol. The van der Waals surface area contributed by atoms with Gasteiger partial charge in [-0.05, 0) is 52.5 Å².